The van der Waals surface area contributed by atoms with Crippen LogP contribution in [0.25, 0.3) is 0 Å². The standard InChI is InChI=1S/C22H26FN5O2/c1-30-18-7-5-17(6-8-18)28-13-9-16(10-14-28)27-22(29)26-12-11-25-21-4-2-3-20(23)19(21)15-24/h2-8,16,25H,9-14H2,1H3,(H2,26,27,29). The smallest absolute Gasteiger partial charge is 0.315 e. The van der Waals surface area contributed by atoms with E-state index in [1.807, 2.05) is 30.3 Å². The molecule has 0 aliphatic carbocycles. The molecule has 0 spiro atoms. The van der Waals surface area contributed by atoms with Gasteiger partial charge in [-0.2, -0.15) is 5.26 Å². The summed E-state index contributed by atoms with van der Waals surface area (Å²) in [5, 5.41) is 17.8. The monoisotopic (exact) mass is 411 g/mol. The number of rotatable bonds is 7. The number of nitrogens with zero attached hydrogens (tertiary/aromatic N) is 2. The Morgan fingerprint density at radius 1 is 1.20 bits per heavy atom. The second-order valence-corrected chi connectivity index (χ2v) is 7.06. The van der Waals surface area contributed by atoms with E-state index in [9.17, 15) is 9.18 Å². The molecule has 7 nitrogen and oxygen atoms in total. The van der Waals surface area contributed by atoms with Gasteiger partial charge in [-0.05, 0) is 49.2 Å². The van der Waals surface area contributed by atoms with E-state index in [4.69, 9.17) is 10.00 Å². The molecular formula is C22H26FN5O2. The zero-order chi connectivity index (χ0) is 21.3. The maximum atomic E-state index is 13.6. The van der Waals surface area contributed by atoms with E-state index in [-0.39, 0.29) is 17.6 Å². The number of carbonyl (C=O) groups is 1. The molecule has 1 aliphatic rings. The minimum atomic E-state index is -0.561. The van der Waals surface area contributed by atoms with Crippen molar-refractivity contribution in [2.45, 2.75) is 18.9 Å². The molecule has 1 fully saturated rings. The zero-order valence-corrected chi connectivity index (χ0v) is 17.0. The number of hydrogen-bond acceptors (Lipinski definition) is 5. The van der Waals surface area contributed by atoms with Gasteiger partial charge in [-0.1, -0.05) is 6.07 Å². The van der Waals surface area contributed by atoms with Crippen LogP contribution in [-0.4, -0.2) is 45.4 Å². The summed E-state index contributed by atoms with van der Waals surface area (Å²) in [5.41, 5.74) is 1.55. The third-order valence-corrected chi connectivity index (χ3v) is 5.12. The molecule has 2 amide bonds. The Hall–Kier alpha value is -3.47. The van der Waals surface area contributed by atoms with Crippen LogP contribution < -0.4 is 25.6 Å². The maximum Gasteiger partial charge on any atom is 0.315 e. The van der Waals surface area contributed by atoms with E-state index in [1.165, 1.54) is 12.1 Å². The molecule has 1 heterocycles. The van der Waals surface area contributed by atoms with Crippen molar-refractivity contribution < 1.29 is 13.9 Å². The molecule has 3 N–H and O–H groups in total. The molecular weight excluding hydrogens is 385 g/mol. The molecule has 2 aromatic carbocycles. The van der Waals surface area contributed by atoms with Gasteiger partial charge >= 0.3 is 6.03 Å². The van der Waals surface area contributed by atoms with Crippen molar-refractivity contribution in [2.24, 2.45) is 0 Å². The summed E-state index contributed by atoms with van der Waals surface area (Å²) in [6.07, 6.45) is 1.74. The molecule has 0 aromatic heterocycles. The van der Waals surface area contributed by atoms with E-state index >= 15 is 0 Å². The summed E-state index contributed by atoms with van der Waals surface area (Å²) in [4.78, 5) is 14.4. The summed E-state index contributed by atoms with van der Waals surface area (Å²) in [6.45, 7) is 2.49. The van der Waals surface area contributed by atoms with Crippen molar-refractivity contribution in [1.82, 2.24) is 10.6 Å². The lowest BCUT2D eigenvalue weighted by atomic mass is 10.0. The maximum absolute atomic E-state index is 13.6. The third kappa shape index (κ3) is 5.54. The first kappa shape index (κ1) is 21.2. The van der Waals surface area contributed by atoms with E-state index in [2.05, 4.69) is 20.9 Å². The number of nitriles is 1. The molecule has 0 bridgehead atoms. The number of piperidine rings is 1. The number of methoxy groups -OCH3 is 1. The fraction of sp³-hybridized carbons (Fsp3) is 0.364. The van der Waals surface area contributed by atoms with Gasteiger partial charge in [-0.3, -0.25) is 0 Å². The molecule has 3 rings (SSSR count). The molecule has 30 heavy (non-hydrogen) atoms. The van der Waals surface area contributed by atoms with Crippen molar-refractivity contribution in [3.05, 3.63) is 53.8 Å². The first-order chi connectivity index (χ1) is 14.6. The quantitative estimate of drug-likeness (QED) is 0.610. The number of halogens is 1. The number of ether oxygens (including phenoxy) is 1. The summed E-state index contributed by atoms with van der Waals surface area (Å²) >= 11 is 0. The lowest BCUT2D eigenvalue weighted by Gasteiger charge is -2.34. The van der Waals surface area contributed by atoms with Crippen LogP contribution >= 0.6 is 0 Å². The van der Waals surface area contributed by atoms with Crippen LogP contribution in [0, 0.1) is 17.1 Å². The SMILES string of the molecule is COc1ccc(N2CCC(NC(=O)NCCNc3cccc(F)c3C#N)CC2)cc1. The third-order valence-electron chi connectivity index (χ3n) is 5.12. The predicted octanol–water partition coefficient (Wildman–Crippen LogP) is 3.09. The Bertz CT molecular complexity index is 889. The molecule has 1 aliphatic heterocycles. The number of anilines is 2. The number of benzene rings is 2. The Morgan fingerprint density at radius 2 is 1.93 bits per heavy atom. The van der Waals surface area contributed by atoms with Crippen molar-refractivity contribution in [1.29, 1.82) is 5.26 Å². The largest absolute Gasteiger partial charge is 0.497 e. The first-order valence-electron chi connectivity index (χ1n) is 9.96. The Balaban J connectivity index is 1.36. The number of amides is 2. The average molecular weight is 411 g/mol. The highest BCUT2D eigenvalue weighted by Gasteiger charge is 2.20. The van der Waals surface area contributed by atoms with Gasteiger partial charge < -0.3 is 25.6 Å². The molecule has 0 unspecified atom stereocenters. The van der Waals surface area contributed by atoms with E-state index in [0.717, 1.165) is 37.4 Å². The van der Waals surface area contributed by atoms with Crippen molar-refractivity contribution in [2.75, 3.05) is 43.5 Å². The van der Waals surface area contributed by atoms with Crippen LogP contribution in [0.5, 0.6) is 5.75 Å². The molecule has 158 valence electrons. The van der Waals surface area contributed by atoms with Gasteiger partial charge in [0.2, 0.25) is 0 Å². The lowest BCUT2D eigenvalue weighted by molar-refractivity contribution is 0.235. The second kappa shape index (κ2) is 10.3. The topological polar surface area (TPSA) is 89.4 Å². The fourth-order valence-electron chi connectivity index (χ4n) is 3.47. The second-order valence-electron chi connectivity index (χ2n) is 7.06. The molecule has 0 saturated carbocycles. The van der Waals surface area contributed by atoms with Gasteiger partial charge in [-0.15, -0.1) is 0 Å². The van der Waals surface area contributed by atoms with Crippen LogP contribution in [0.2, 0.25) is 0 Å². The van der Waals surface area contributed by atoms with E-state index in [1.54, 1.807) is 13.2 Å². The van der Waals surface area contributed by atoms with Gasteiger partial charge in [0.25, 0.3) is 0 Å². The van der Waals surface area contributed by atoms with Gasteiger partial charge in [0, 0.05) is 37.9 Å². The molecule has 2 aromatic rings. The van der Waals surface area contributed by atoms with E-state index in [0.29, 0.717) is 18.8 Å². The summed E-state index contributed by atoms with van der Waals surface area (Å²) in [6, 6.07) is 14.2. The minimum Gasteiger partial charge on any atom is -0.497 e. The summed E-state index contributed by atoms with van der Waals surface area (Å²) < 4.78 is 18.8. The molecule has 8 heteroatoms. The predicted molar refractivity (Wildman–Crippen MR) is 114 cm³/mol. The van der Waals surface area contributed by atoms with Crippen molar-refractivity contribution in [3.8, 4) is 11.8 Å². The highest BCUT2D eigenvalue weighted by atomic mass is 19.1. The minimum absolute atomic E-state index is 0.0226. The Morgan fingerprint density at radius 3 is 2.60 bits per heavy atom. The van der Waals surface area contributed by atoms with Crippen LogP contribution in [-0.2, 0) is 0 Å². The summed E-state index contributed by atoms with van der Waals surface area (Å²) in [7, 11) is 1.65. The van der Waals surface area contributed by atoms with Crippen molar-refractivity contribution in [3.63, 3.8) is 0 Å². The Labute approximate surface area is 175 Å². The van der Waals surface area contributed by atoms with Crippen molar-refractivity contribution >= 4 is 17.4 Å². The number of hydrogen-bond donors (Lipinski definition) is 3. The summed E-state index contributed by atoms with van der Waals surface area (Å²) in [5.74, 6) is 0.275. The number of carbonyl (C=O) groups excluding carboxylic acids is 1. The Kier molecular flexibility index (Phi) is 7.33. The van der Waals surface area contributed by atoms with Crippen LogP contribution in [0.3, 0.4) is 0 Å². The lowest BCUT2D eigenvalue weighted by Crippen LogP contribution is -2.48. The van der Waals surface area contributed by atoms with Gasteiger partial charge in [-0.25, -0.2) is 9.18 Å². The van der Waals surface area contributed by atoms with E-state index < -0.39 is 5.82 Å². The van der Waals surface area contributed by atoms with Gasteiger partial charge in [0.05, 0.1) is 12.8 Å². The van der Waals surface area contributed by atoms with Crippen LogP contribution in [0.1, 0.15) is 18.4 Å². The zero-order valence-electron chi connectivity index (χ0n) is 17.0. The average Bonchev–Trinajstić information content (AvgIpc) is 2.77. The molecule has 1 saturated heterocycles. The molecule has 0 atom stereocenters. The molecule has 0 radical (unpaired) electrons. The van der Waals surface area contributed by atoms with Gasteiger partial charge in [0.1, 0.15) is 23.2 Å². The van der Waals surface area contributed by atoms with Crippen LogP contribution in [0.4, 0.5) is 20.6 Å². The van der Waals surface area contributed by atoms with Crippen LogP contribution in [0.15, 0.2) is 42.5 Å². The normalized spacial score (nSPS) is 14.0. The highest BCUT2D eigenvalue weighted by molar-refractivity contribution is 5.74. The number of urea groups is 1. The fourth-order valence-corrected chi connectivity index (χ4v) is 3.47. The highest BCUT2D eigenvalue weighted by Crippen LogP contribution is 2.23. The number of nitrogens with one attached hydrogen (secondary N) is 3. The first-order valence-corrected chi connectivity index (χ1v) is 9.96. The van der Waals surface area contributed by atoms with Gasteiger partial charge in [0.15, 0.2) is 0 Å².